The molecule has 1 aliphatic heterocycles. The van der Waals surface area contributed by atoms with Crippen molar-refractivity contribution in [3.63, 3.8) is 0 Å². The lowest BCUT2D eigenvalue weighted by Crippen LogP contribution is -2.40. The smallest absolute Gasteiger partial charge is 0.325 e. The number of aromatic nitrogens is 3. The first kappa shape index (κ1) is 12.8. The summed E-state index contributed by atoms with van der Waals surface area (Å²) in [5.74, 6) is -0.0108. The number of hydrogen-bond acceptors (Lipinski definition) is 4. The van der Waals surface area contributed by atoms with Gasteiger partial charge in [-0.3, -0.25) is 9.69 Å². The zero-order chi connectivity index (χ0) is 14.1. The zero-order valence-electron chi connectivity index (χ0n) is 11.2. The number of benzene rings is 1. The Bertz CT molecular complexity index is 638. The molecule has 3 rings (SSSR count). The first-order valence-electron chi connectivity index (χ1n) is 6.56. The summed E-state index contributed by atoms with van der Waals surface area (Å²) in [5, 5.41) is 13.7. The molecule has 6 heteroatoms. The highest BCUT2D eigenvalue weighted by molar-refractivity contribution is 5.76. The van der Waals surface area contributed by atoms with E-state index in [-0.39, 0.29) is 0 Å². The molecule has 6 nitrogen and oxygen atoms in total. The SMILES string of the molecule is Cc1ccccc1[C@@H](C(=O)O)N1CCn2ncnc2C1. The van der Waals surface area contributed by atoms with Gasteiger partial charge in [-0.25, -0.2) is 9.67 Å². The van der Waals surface area contributed by atoms with E-state index < -0.39 is 12.0 Å². The third kappa shape index (κ3) is 2.18. The van der Waals surface area contributed by atoms with Crippen molar-refractivity contribution >= 4 is 5.97 Å². The van der Waals surface area contributed by atoms with Gasteiger partial charge in [-0.1, -0.05) is 24.3 Å². The fourth-order valence-corrected chi connectivity index (χ4v) is 2.68. The fraction of sp³-hybridized carbons (Fsp3) is 0.357. The number of carbonyl (C=O) groups is 1. The fourth-order valence-electron chi connectivity index (χ4n) is 2.68. The van der Waals surface area contributed by atoms with Gasteiger partial charge in [0, 0.05) is 6.54 Å². The highest BCUT2D eigenvalue weighted by atomic mass is 16.4. The maximum atomic E-state index is 11.7. The highest BCUT2D eigenvalue weighted by Gasteiger charge is 2.31. The standard InChI is InChI=1S/C14H16N4O2/c1-10-4-2-3-5-11(10)13(14(19)20)17-6-7-18-12(8-17)15-9-16-18/h2-5,9,13H,6-8H2,1H3,(H,19,20)/t13-/m0/s1. The summed E-state index contributed by atoms with van der Waals surface area (Å²) in [6.45, 7) is 3.77. The first-order valence-corrected chi connectivity index (χ1v) is 6.56. The number of fused-ring (bicyclic) bond motifs is 1. The summed E-state index contributed by atoms with van der Waals surface area (Å²) in [4.78, 5) is 17.8. The average molecular weight is 272 g/mol. The van der Waals surface area contributed by atoms with Gasteiger partial charge in [0.15, 0.2) is 0 Å². The Morgan fingerprint density at radius 2 is 2.15 bits per heavy atom. The van der Waals surface area contributed by atoms with Crippen LogP contribution in [0.3, 0.4) is 0 Å². The molecular formula is C14H16N4O2. The molecule has 1 atom stereocenters. The van der Waals surface area contributed by atoms with Crippen molar-refractivity contribution in [2.75, 3.05) is 6.54 Å². The summed E-state index contributed by atoms with van der Waals surface area (Å²) in [7, 11) is 0. The van der Waals surface area contributed by atoms with Crippen LogP contribution in [-0.4, -0.2) is 37.3 Å². The minimum Gasteiger partial charge on any atom is -0.480 e. The lowest BCUT2D eigenvalue weighted by atomic mass is 9.99. The second-order valence-corrected chi connectivity index (χ2v) is 4.97. The van der Waals surface area contributed by atoms with Crippen molar-refractivity contribution in [1.29, 1.82) is 0 Å². The Labute approximate surface area is 116 Å². The molecule has 0 radical (unpaired) electrons. The predicted molar refractivity (Wildman–Crippen MR) is 72.0 cm³/mol. The van der Waals surface area contributed by atoms with Gasteiger partial charge in [-0.05, 0) is 18.1 Å². The summed E-state index contributed by atoms with van der Waals surface area (Å²) < 4.78 is 1.83. The third-order valence-corrected chi connectivity index (χ3v) is 3.72. The van der Waals surface area contributed by atoms with E-state index in [1.54, 1.807) is 0 Å². The van der Waals surface area contributed by atoms with Crippen molar-refractivity contribution in [2.24, 2.45) is 0 Å². The van der Waals surface area contributed by atoms with Gasteiger partial charge in [-0.2, -0.15) is 5.10 Å². The maximum absolute atomic E-state index is 11.7. The Morgan fingerprint density at radius 3 is 2.90 bits per heavy atom. The van der Waals surface area contributed by atoms with E-state index >= 15 is 0 Å². The minimum absolute atomic E-state index is 0.505. The van der Waals surface area contributed by atoms with Gasteiger partial charge in [-0.15, -0.1) is 0 Å². The molecule has 2 aromatic rings. The lowest BCUT2D eigenvalue weighted by molar-refractivity contribution is -0.144. The predicted octanol–water partition coefficient (Wildman–Crippen LogP) is 1.23. The van der Waals surface area contributed by atoms with Crippen LogP contribution in [0.2, 0.25) is 0 Å². The number of hydrogen-bond donors (Lipinski definition) is 1. The number of aliphatic carboxylic acids is 1. The van der Waals surface area contributed by atoms with Gasteiger partial charge < -0.3 is 5.11 Å². The maximum Gasteiger partial charge on any atom is 0.325 e. The first-order chi connectivity index (χ1) is 9.66. The average Bonchev–Trinajstić information content (AvgIpc) is 2.88. The van der Waals surface area contributed by atoms with E-state index in [0.29, 0.717) is 19.6 Å². The quantitative estimate of drug-likeness (QED) is 0.910. The van der Waals surface area contributed by atoms with Crippen LogP contribution in [0.25, 0.3) is 0 Å². The molecule has 0 bridgehead atoms. The van der Waals surface area contributed by atoms with Crippen LogP contribution in [0.1, 0.15) is 23.0 Å². The van der Waals surface area contributed by atoms with Crippen molar-refractivity contribution in [3.05, 3.63) is 47.5 Å². The molecule has 0 spiro atoms. The zero-order valence-corrected chi connectivity index (χ0v) is 11.2. The van der Waals surface area contributed by atoms with E-state index in [1.807, 2.05) is 40.8 Å². The van der Waals surface area contributed by atoms with Crippen molar-refractivity contribution < 1.29 is 9.90 Å². The molecule has 0 saturated heterocycles. The van der Waals surface area contributed by atoms with Gasteiger partial charge in [0.25, 0.3) is 0 Å². The molecule has 0 fully saturated rings. The second-order valence-electron chi connectivity index (χ2n) is 4.97. The van der Waals surface area contributed by atoms with Crippen LogP contribution < -0.4 is 0 Å². The van der Waals surface area contributed by atoms with E-state index in [1.165, 1.54) is 6.33 Å². The van der Waals surface area contributed by atoms with Crippen LogP contribution in [0.4, 0.5) is 0 Å². The summed E-state index contributed by atoms with van der Waals surface area (Å²) in [6.07, 6.45) is 1.52. The topological polar surface area (TPSA) is 71.2 Å². The van der Waals surface area contributed by atoms with E-state index in [4.69, 9.17) is 0 Å². The molecule has 1 aromatic carbocycles. The molecular weight excluding hydrogens is 256 g/mol. The van der Waals surface area contributed by atoms with Gasteiger partial charge in [0.05, 0.1) is 13.1 Å². The number of carboxylic acid groups (broad SMARTS) is 1. The van der Waals surface area contributed by atoms with Crippen LogP contribution in [-0.2, 0) is 17.9 Å². The lowest BCUT2D eigenvalue weighted by Gasteiger charge is -2.32. The summed E-state index contributed by atoms with van der Waals surface area (Å²) in [5.41, 5.74) is 1.83. The highest BCUT2D eigenvalue weighted by Crippen LogP contribution is 2.27. The number of rotatable bonds is 3. The van der Waals surface area contributed by atoms with E-state index in [9.17, 15) is 9.90 Å². The van der Waals surface area contributed by atoms with Crippen LogP contribution in [0.15, 0.2) is 30.6 Å². The molecule has 0 saturated carbocycles. The molecule has 0 aliphatic carbocycles. The van der Waals surface area contributed by atoms with Crippen LogP contribution >= 0.6 is 0 Å². The Morgan fingerprint density at radius 1 is 1.35 bits per heavy atom. The largest absolute Gasteiger partial charge is 0.480 e. The number of carboxylic acids is 1. The van der Waals surface area contributed by atoms with Crippen molar-refractivity contribution in [3.8, 4) is 0 Å². The van der Waals surface area contributed by atoms with Gasteiger partial charge >= 0.3 is 5.97 Å². The molecule has 1 aromatic heterocycles. The molecule has 104 valence electrons. The normalized spacial score (nSPS) is 16.6. The Kier molecular flexibility index (Phi) is 3.23. The van der Waals surface area contributed by atoms with Gasteiger partial charge in [0.2, 0.25) is 0 Å². The van der Waals surface area contributed by atoms with Gasteiger partial charge in [0.1, 0.15) is 18.2 Å². The monoisotopic (exact) mass is 272 g/mol. The third-order valence-electron chi connectivity index (χ3n) is 3.72. The molecule has 0 unspecified atom stereocenters. The Hall–Kier alpha value is -2.21. The molecule has 20 heavy (non-hydrogen) atoms. The van der Waals surface area contributed by atoms with Crippen molar-refractivity contribution in [2.45, 2.75) is 26.1 Å². The second kappa shape index (κ2) is 5.05. The minimum atomic E-state index is -0.827. The summed E-state index contributed by atoms with van der Waals surface area (Å²) >= 11 is 0. The van der Waals surface area contributed by atoms with Crippen LogP contribution in [0.5, 0.6) is 0 Å². The molecule has 1 N–H and O–H groups in total. The molecule has 1 aliphatic rings. The van der Waals surface area contributed by atoms with Crippen LogP contribution in [0, 0.1) is 6.92 Å². The number of aryl methyl sites for hydroxylation is 1. The van der Waals surface area contributed by atoms with Crippen molar-refractivity contribution in [1.82, 2.24) is 19.7 Å². The van der Waals surface area contributed by atoms with E-state index in [2.05, 4.69) is 10.1 Å². The summed E-state index contributed by atoms with van der Waals surface area (Å²) in [6, 6.07) is 6.99. The van der Waals surface area contributed by atoms with E-state index in [0.717, 1.165) is 17.0 Å². The number of nitrogens with zero attached hydrogens (tertiary/aromatic N) is 4. The molecule has 2 heterocycles. The Balaban J connectivity index is 1.93. The molecule has 0 amide bonds.